The number of hydrogen-bond donors (Lipinski definition) is 2. The van der Waals surface area contributed by atoms with E-state index in [0.29, 0.717) is 0 Å². The van der Waals surface area contributed by atoms with E-state index < -0.39 is 45.8 Å². The molecule has 0 saturated carbocycles. The van der Waals surface area contributed by atoms with Gasteiger partial charge >= 0.3 is 0 Å². The first-order chi connectivity index (χ1) is 13.0. The minimum atomic E-state index is -4.14. The average molecular weight is 384 g/mol. The van der Waals surface area contributed by atoms with Crippen LogP contribution in [0, 0.1) is 13.8 Å². The molecule has 0 aromatic heterocycles. The zero-order valence-corrected chi connectivity index (χ0v) is 15.0. The molecule has 0 bridgehead atoms. The van der Waals surface area contributed by atoms with Crippen LogP contribution < -0.4 is 10.2 Å². The van der Waals surface area contributed by atoms with Crippen LogP contribution in [-0.4, -0.2) is 44.9 Å². The van der Waals surface area contributed by atoms with Crippen molar-refractivity contribution in [1.82, 2.24) is 0 Å². The highest BCUT2D eigenvalue weighted by atomic mass is 16.5. The molecule has 0 heterocycles. The molecule has 8 heteroatoms. The van der Waals surface area contributed by atoms with Crippen LogP contribution in [0.25, 0.3) is 0 Å². The third-order valence-electron chi connectivity index (χ3n) is 4.55. The van der Waals surface area contributed by atoms with E-state index in [-0.39, 0.29) is 11.1 Å². The van der Waals surface area contributed by atoms with Gasteiger partial charge in [-0.2, -0.15) is 0 Å². The normalized spacial score (nSPS) is 15.1. The van der Waals surface area contributed by atoms with Crippen LogP contribution in [0.3, 0.4) is 0 Å². The number of carbonyl (C=O) groups is 4. The molecular formula is C20H16O8-2. The van der Waals surface area contributed by atoms with Gasteiger partial charge in [0, 0.05) is 11.1 Å². The monoisotopic (exact) mass is 384 g/mol. The van der Waals surface area contributed by atoms with Crippen LogP contribution in [-0.2, 0) is 9.59 Å². The van der Waals surface area contributed by atoms with Gasteiger partial charge in [-0.1, -0.05) is 48.5 Å². The van der Waals surface area contributed by atoms with Crippen LogP contribution in [0.2, 0.25) is 0 Å². The van der Waals surface area contributed by atoms with Crippen LogP contribution >= 0.6 is 0 Å². The number of aryl methyl sites for hydroxylation is 2. The Morgan fingerprint density at radius 1 is 0.679 bits per heavy atom. The van der Waals surface area contributed by atoms with Crippen molar-refractivity contribution >= 4 is 23.5 Å². The van der Waals surface area contributed by atoms with Gasteiger partial charge in [0.05, 0.1) is 11.9 Å². The number of carbonyl (C=O) groups excluding carboxylic acids is 4. The summed E-state index contributed by atoms with van der Waals surface area (Å²) in [5.41, 5.74) is -8.75. The average Bonchev–Trinajstić information content (AvgIpc) is 2.65. The van der Waals surface area contributed by atoms with Crippen molar-refractivity contribution in [2.24, 2.45) is 0 Å². The lowest BCUT2D eigenvalue weighted by molar-refractivity contribution is -0.346. The van der Waals surface area contributed by atoms with E-state index in [1.54, 1.807) is 0 Å². The minimum absolute atomic E-state index is 0.177. The summed E-state index contributed by atoms with van der Waals surface area (Å²) in [7, 11) is 0. The number of Topliss-reactive ketones (excluding diaryl/α,β-unsaturated/α-hetero) is 2. The molecule has 2 aromatic rings. The highest BCUT2D eigenvalue weighted by Crippen LogP contribution is 2.32. The summed E-state index contributed by atoms with van der Waals surface area (Å²) in [4.78, 5) is 49.1. The summed E-state index contributed by atoms with van der Waals surface area (Å²) in [5, 5.41) is 44.8. The highest BCUT2D eigenvalue weighted by molar-refractivity contribution is 6.28. The number of benzene rings is 2. The van der Waals surface area contributed by atoms with Crippen molar-refractivity contribution in [3.05, 3.63) is 70.8 Å². The molecular weight excluding hydrogens is 368 g/mol. The number of rotatable bonds is 7. The molecule has 8 nitrogen and oxygen atoms in total. The van der Waals surface area contributed by atoms with Crippen molar-refractivity contribution in [2.75, 3.05) is 0 Å². The second-order valence-electron chi connectivity index (χ2n) is 6.28. The van der Waals surface area contributed by atoms with Crippen molar-refractivity contribution in [2.45, 2.75) is 25.0 Å². The molecule has 0 radical (unpaired) electrons. The maximum atomic E-state index is 12.8. The van der Waals surface area contributed by atoms with Gasteiger partial charge in [-0.25, -0.2) is 0 Å². The van der Waals surface area contributed by atoms with E-state index in [1.807, 2.05) is 0 Å². The van der Waals surface area contributed by atoms with E-state index in [9.17, 15) is 39.6 Å². The zero-order valence-electron chi connectivity index (χ0n) is 15.0. The quantitative estimate of drug-likeness (QED) is 0.424. The Kier molecular flexibility index (Phi) is 5.49. The van der Waals surface area contributed by atoms with Gasteiger partial charge in [0.2, 0.25) is 22.8 Å². The van der Waals surface area contributed by atoms with Crippen LogP contribution in [0.1, 0.15) is 31.8 Å². The van der Waals surface area contributed by atoms with Crippen molar-refractivity contribution in [1.29, 1.82) is 0 Å². The smallest absolute Gasteiger partial charge is 0.209 e. The van der Waals surface area contributed by atoms with Gasteiger partial charge in [-0.05, 0) is 25.0 Å². The molecule has 2 atom stereocenters. The molecule has 0 unspecified atom stereocenters. The highest BCUT2D eigenvalue weighted by Gasteiger charge is 2.62. The summed E-state index contributed by atoms with van der Waals surface area (Å²) in [6, 6.07) is 10.7. The Balaban J connectivity index is 2.78. The molecule has 0 amide bonds. The number of ketones is 2. The van der Waals surface area contributed by atoms with E-state index in [4.69, 9.17) is 0 Å². The topological polar surface area (TPSA) is 155 Å². The first-order valence-corrected chi connectivity index (χ1v) is 8.08. The van der Waals surface area contributed by atoms with Gasteiger partial charge in [-0.3, -0.25) is 9.59 Å². The second kappa shape index (κ2) is 7.34. The maximum Gasteiger partial charge on any atom is 0.209 e. The number of carboxylic acids is 2. The SMILES string of the molecule is Cc1ccccc1C(=O)[C@@](O)(C(=O)[O-])[C@](O)(C(=O)[O-])C(=O)c1ccccc1C. The Labute approximate surface area is 159 Å². The van der Waals surface area contributed by atoms with E-state index >= 15 is 0 Å². The Hall–Kier alpha value is -3.36. The molecule has 0 fully saturated rings. The molecule has 2 aromatic carbocycles. The van der Waals surface area contributed by atoms with E-state index in [1.165, 1.54) is 50.2 Å². The number of hydrogen-bond acceptors (Lipinski definition) is 8. The summed E-state index contributed by atoms with van der Waals surface area (Å²) < 4.78 is 0. The van der Waals surface area contributed by atoms with Gasteiger partial charge in [0.15, 0.2) is 0 Å². The van der Waals surface area contributed by atoms with E-state index in [2.05, 4.69) is 0 Å². The predicted octanol–water partition coefficient (Wildman–Crippen LogP) is -1.67. The lowest BCUT2D eigenvalue weighted by Gasteiger charge is -2.42. The summed E-state index contributed by atoms with van der Waals surface area (Å²) in [6.07, 6.45) is 0. The second-order valence-corrected chi connectivity index (χ2v) is 6.28. The van der Waals surface area contributed by atoms with Gasteiger partial charge < -0.3 is 30.0 Å². The lowest BCUT2D eigenvalue weighted by atomic mass is 9.72. The van der Waals surface area contributed by atoms with Gasteiger partial charge in [0.1, 0.15) is 0 Å². The van der Waals surface area contributed by atoms with Gasteiger partial charge in [-0.15, -0.1) is 0 Å². The standard InChI is InChI=1S/C20H18O8/c1-11-7-3-5-9-13(11)15(21)19(27,17(23)24)20(28,18(25)26)16(22)14-10-6-4-8-12(14)2/h3-10,27-28H,1-2H3,(H,23,24)(H,25,26)/p-2/t19-,20-/m1/s1. The van der Waals surface area contributed by atoms with Crippen molar-refractivity contribution in [3.8, 4) is 0 Å². The summed E-state index contributed by atoms with van der Waals surface area (Å²) >= 11 is 0. The molecule has 0 spiro atoms. The lowest BCUT2D eigenvalue weighted by Crippen LogP contribution is -2.76. The molecule has 0 aliphatic heterocycles. The largest absolute Gasteiger partial charge is 0.546 e. The molecule has 0 aliphatic rings. The molecule has 0 saturated heterocycles. The molecule has 2 rings (SSSR count). The number of aliphatic hydroxyl groups is 2. The third kappa shape index (κ3) is 2.98. The molecule has 146 valence electrons. The fourth-order valence-electron chi connectivity index (χ4n) is 2.85. The fraction of sp³-hybridized carbons (Fsp3) is 0.200. The molecule has 28 heavy (non-hydrogen) atoms. The Bertz CT molecular complexity index is 900. The van der Waals surface area contributed by atoms with Crippen LogP contribution in [0.15, 0.2) is 48.5 Å². The predicted molar refractivity (Wildman–Crippen MR) is 90.9 cm³/mol. The molecule has 2 N–H and O–H groups in total. The third-order valence-corrected chi connectivity index (χ3v) is 4.55. The maximum absolute atomic E-state index is 12.8. The first-order valence-electron chi connectivity index (χ1n) is 8.08. The zero-order chi connectivity index (χ0) is 21.3. The van der Waals surface area contributed by atoms with Crippen LogP contribution in [0.5, 0.6) is 0 Å². The number of aliphatic carboxylic acids is 2. The van der Waals surface area contributed by atoms with Crippen molar-refractivity contribution in [3.63, 3.8) is 0 Å². The van der Waals surface area contributed by atoms with Crippen molar-refractivity contribution < 1.29 is 39.6 Å². The summed E-state index contributed by atoms with van der Waals surface area (Å²) in [5.74, 6) is -8.76. The Morgan fingerprint density at radius 3 is 1.21 bits per heavy atom. The molecule has 0 aliphatic carbocycles. The van der Waals surface area contributed by atoms with E-state index in [0.717, 1.165) is 12.1 Å². The first kappa shape index (κ1) is 20.9. The number of carboxylic acid groups (broad SMARTS) is 2. The van der Waals surface area contributed by atoms with Gasteiger partial charge in [0.25, 0.3) is 0 Å². The van der Waals surface area contributed by atoms with Crippen LogP contribution in [0.4, 0.5) is 0 Å². The Morgan fingerprint density at radius 2 is 0.964 bits per heavy atom. The minimum Gasteiger partial charge on any atom is -0.546 e. The fourth-order valence-corrected chi connectivity index (χ4v) is 2.85. The summed E-state index contributed by atoms with van der Waals surface area (Å²) in [6.45, 7) is 2.79.